The first-order valence-corrected chi connectivity index (χ1v) is 7.77. The molecule has 0 unspecified atom stereocenters. The predicted octanol–water partition coefficient (Wildman–Crippen LogP) is 2.16. The Kier molecular flexibility index (Phi) is 4.96. The molecule has 118 valence electrons. The zero-order valence-electron chi connectivity index (χ0n) is 12.9. The summed E-state index contributed by atoms with van der Waals surface area (Å²) in [5.41, 5.74) is 2.55. The third-order valence-corrected chi connectivity index (χ3v) is 3.94. The van der Waals surface area contributed by atoms with Crippen LogP contribution in [-0.4, -0.2) is 38.6 Å². The highest BCUT2D eigenvalue weighted by Crippen LogP contribution is 2.20. The molecule has 1 saturated heterocycles. The molecule has 2 N–H and O–H groups in total. The number of nitrogens with one attached hydrogen (secondary N) is 2. The SMILES string of the molecule is N#CC(=CNc1ccccc1CN1CCCCC1)c1nn[nH]n1. The van der Waals surface area contributed by atoms with Gasteiger partial charge in [-0.05, 0) is 42.8 Å². The summed E-state index contributed by atoms with van der Waals surface area (Å²) in [6.45, 7) is 3.22. The van der Waals surface area contributed by atoms with Crippen molar-refractivity contribution in [1.29, 1.82) is 5.26 Å². The van der Waals surface area contributed by atoms with Crippen LogP contribution >= 0.6 is 0 Å². The zero-order valence-corrected chi connectivity index (χ0v) is 12.9. The normalized spacial score (nSPS) is 16.0. The van der Waals surface area contributed by atoms with E-state index >= 15 is 0 Å². The topological polar surface area (TPSA) is 93.5 Å². The van der Waals surface area contributed by atoms with Crippen LogP contribution in [0, 0.1) is 11.3 Å². The van der Waals surface area contributed by atoms with Gasteiger partial charge >= 0.3 is 0 Å². The first kappa shape index (κ1) is 15.2. The van der Waals surface area contributed by atoms with Gasteiger partial charge in [0.2, 0.25) is 5.82 Å². The molecular weight excluding hydrogens is 290 g/mol. The molecule has 1 fully saturated rings. The maximum atomic E-state index is 9.22. The van der Waals surface area contributed by atoms with E-state index in [1.807, 2.05) is 18.2 Å². The largest absolute Gasteiger partial charge is 0.360 e. The number of H-pyrrole nitrogens is 1. The number of aromatic amines is 1. The van der Waals surface area contributed by atoms with Crippen molar-refractivity contribution in [3.05, 3.63) is 41.9 Å². The predicted molar refractivity (Wildman–Crippen MR) is 87.0 cm³/mol. The Labute approximate surface area is 135 Å². The third-order valence-electron chi connectivity index (χ3n) is 3.94. The number of hydrogen-bond donors (Lipinski definition) is 2. The molecule has 23 heavy (non-hydrogen) atoms. The standard InChI is InChI=1S/C16H19N7/c17-10-14(16-19-21-22-20-16)11-18-15-7-3-2-6-13(15)12-23-8-4-1-5-9-23/h2-3,6-7,11,18H,1,4-5,8-9,12H2,(H,19,20,21,22). The number of rotatable bonds is 5. The molecule has 0 spiro atoms. The van der Waals surface area contributed by atoms with Gasteiger partial charge in [-0.3, -0.25) is 4.90 Å². The molecule has 2 aromatic rings. The Morgan fingerprint density at radius 2 is 2.13 bits per heavy atom. The van der Waals surface area contributed by atoms with E-state index in [1.54, 1.807) is 6.20 Å². The molecule has 0 bridgehead atoms. The zero-order chi connectivity index (χ0) is 15.9. The Bertz CT molecular complexity index is 693. The lowest BCUT2D eigenvalue weighted by Gasteiger charge is -2.27. The van der Waals surface area contributed by atoms with E-state index in [4.69, 9.17) is 0 Å². The maximum absolute atomic E-state index is 9.22. The van der Waals surface area contributed by atoms with Crippen LogP contribution in [0.1, 0.15) is 30.7 Å². The van der Waals surface area contributed by atoms with Gasteiger partial charge in [-0.1, -0.05) is 24.6 Å². The molecule has 0 amide bonds. The molecule has 0 saturated carbocycles. The minimum atomic E-state index is 0.286. The smallest absolute Gasteiger partial charge is 0.216 e. The number of hydrogen-bond acceptors (Lipinski definition) is 6. The summed E-state index contributed by atoms with van der Waals surface area (Å²) in [5, 5.41) is 25.9. The number of aromatic nitrogens is 4. The monoisotopic (exact) mass is 309 g/mol. The Morgan fingerprint density at radius 3 is 2.87 bits per heavy atom. The van der Waals surface area contributed by atoms with Gasteiger partial charge in [0.15, 0.2) is 0 Å². The van der Waals surface area contributed by atoms with Crippen molar-refractivity contribution in [2.75, 3.05) is 18.4 Å². The summed E-state index contributed by atoms with van der Waals surface area (Å²) in [6, 6.07) is 10.2. The van der Waals surface area contributed by atoms with Crippen molar-refractivity contribution in [1.82, 2.24) is 25.5 Å². The van der Waals surface area contributed by atoms with Crippen LogP contribution in [0.2, 0.25) is 0 Å². The van der Waals surface area contributed by atoms with Gasteiger partial charge in [-0.15, -0.1) is 10.2 Å². The van der Waals surface area contributed by atoms with Crippen LogP contribution < -0.4 is 5.32 Å². The molecule has 7 heteroatoms. The first-order chi connectivity index (χ1) is 11.4. The van der Waals surface area contributed by atoms with E-state index in [0.29, 0.717) is 5.57 Å². The molecule has 1 aromatic carbocycles. The fourth-order valence-electron chi connectivity index (χ4n) is 2.73. The molecular formula is C16H19N7. The number of allylic oxidation sites excluding steroid dienone is 1. The van der Waals surface area contributed by atoms with Crippen molar-refractivity contribution in [3.63, 3.8) is 0 Å². The van der Waals surface area contributed by atoms with Gasteiger partial charge in [-0.2, -0.15) is 10.5 Å². The second-order valence-corrected chi connectivity index (χ2v) is 5.54. The highest BCUT2D eigenvalue weighted by atomic mass is 15.5. The van der Waals surface area contributed by atoms with Crippen LogP contribution in [-0.2, 0) is 6.54 Å². The Hall–Kier alpha value is -2.72. The van der Waals surface area contributed by atoms with E-state index in [9.17, 15) is 5.26 Å². The molecule has 1 aromatic heterocycles. The molecule has 1 aliphatic heterocycles. The number of piperidine rings is 1. The lowest BCUT2D eigenvalue weighted by Crippen LogP contribution is -2.29. The second-order valence-electron chi connectivity index (χ2n) is 5.54. The summed E-state index contributed by atoms with van der Waals surface area (Å²) < 4.78 is 0. The third kappa shape index (κ3) is 3.93. The van der Waals surface area contributed by atoms with E-state index < -0.39 is 0 Å². The molecule has 7 nitrogen and oxygen atoms in total. The number of tetrazole rings is 1. The molecule has 2 heterocycles. The summed E-state index contributed by atoms with van der Waals surface area (Å²) in [7, 11) is 0. The minimum Gasteiger partial charge on any atom is -0.360 e. The van der Waals surface area contributed by atoms with Gasteiger partial charge in [0.1, 0.15) is 11.6 Å². The Balaban J connectivity index is 1.74. The number of likely N-dealkylation sites (tertiary alicyclic amines) is 1. The molecule has 3 rings (SSSR count). The van der Waals surface area contributed by atoms with Crippen LogP contribution in [0.3, 0.4) is 0 Å². The molecule has 0 radical (unpaired) electrons. The fourth-order valence-corrected chi connectivity index (χ4v) is 2.73. The number of nitriles is 1. The Morgan fingerprint density at radius 1 is 1.30 bits per heavy atom. The highest BCUT2D eigenvalue weighted by molar-refractivity contribution is 5.74. The number of benzene rings is 1. The highest BCUT2D eigenvalue weighted by Gasteiger charge is 2.12. The molecule has 1 aliphatic rings. The van der Waals surface area contributed by atoms with E-state index in [0.717, 1.165) is 25.3 Å². The van der Waals surface area contributed by atoms with Crippen molar-refractivity contribution < 1.29 is 0 Å². The summed E-state index contributed by atoms with van der Waals surface area (Å²) in [5.74, 6) is 0.286. The molecule has 0 aliphatic carbocycles. The van der Waals surface area contributed by atoms with Crippen LogP contribution in [0.4, 0.5) is 5.69 Å². The summed E-state index contributed by atoms with van der Waals surface area (Å²) >= 11 is 0. The van der Waals surface area contributed by atoms with E-state index in [-0.39, 0.29) is 5.82 Å². The van der Waals surface area contributed by atoms with Gasteiger partial charge in [-0.25, -0.2) is 0 Å². The number of nitrogens with zero attached hydrogens (tertiary/aromatic N) is 5. The van der Waals surface area contributed by atoms with Crippen LogP contribution in [0.25, 0.3) is 5.57 Å². The summed E-state index contributed by atoms with van der Waals surface area (Å²) in [6.07, 6.45) is 5.49. The number of anilines is 1. The quantitative estimate of drug-likeness (QED) is 0.822. The van der Waals surface area contributed by atoms with Gasteiger partial charge < -0.3 is 5.32 Å². The fraction of sp³-hybridized carbons (Fsp3) is 0.375. The van der Waals surface area contributed by atoms with Crippen molar-refractivity contribution >= 4 is 11.3 Å². The lowest BCUT2D eigenvalue weighted by molar-refractivity contribution is 0.221. The van der Waals surface area contributed by atoms with E-state index in [2.05, 4.69) is 43.0 Å². The maximum Gasteiger partial charge on any atom is 0.216 e. The average Bonchev–Trinajstić information content (AvgIpc) is 3.12. The summed E-state index contributed by atoms with van der Waals surface area (Å²) in [4.78, 5) is 2.47. The molecule has 0 atom stereocenters. The number of para-hydroxylation sites is 1. The lowest BCUT2D eigenvalue weighted by atomic mass is 10.1. The van der Waals surface area contributed by atoms with E-state index in [1.165, 1.54) is 24.8 Å². The van der Waals surface area contributed by atoms with Crippen LogP contribution in [0.15, 0.2) is 30.5 Å². The second kappa shape index (κ2) is 7.51. The van der Waals surface area contributed by atoms with Crippen molar-refractivity contribution in [2.24, 2.45) is 0 Å². The average molecular weight is 309 g/mol. The minimum absolute atomic E-state index is 0.286. The van der Waals surface area contributed by atoms with Gasteiger partial charge in [0.25, 0.3) is 0 Å². The van der Waals surface area contributed by atoms with Gasteiger partial charge in [0.05, 0.1) is 0 Å². The first-order valence-electron chi connectivity index (χ1n) is 7.77. The van der Waals surface area contributed by atoms with Crippen LogP contribution in [0.5, 0.6) is 0 Å². The van der Waals surface area contributed by atoms with Gasteiger partial charge in [0, 0.05) is 18.4 Å². The van der Waals surface area contributed by atoms with Crippen molar-refractivity contribution in [3.8, 4) is 6.07 Å². The van der Waals surface area contributed by atoms with Crippen molar-refractivity contribution in [2.45, 2.75) is 25.8 Å².